The zero-order valence-corrected chi connectivity index (χ0v) is 16.8. The molecule has 9 heteroatoms. The molecule has 2 fully saturated rings. The van der Waals surface area contributed by atoms with Gasteiger partial charge in [-0.1, -0.05) is 0 Å². The number of hydrogen-bond acceptors (Lipinski definition) is 7. The number of aromatic nitrogens is 6. The third-order valence-corrected chi connectivity index (χ3v) is 6.49. The summed E-state index contributed by atoms with van der Waals surface area (Å²) < 4.78 is 13.4. The fourth-order valence-corrected chi connectivity index (χ4v) is 4.68. The van der Waals surface area contributed by atoms with E-state index in [0.29, 0.717) is 17.9 Å². The van der Waals surface area contributed by atoms with Crippen LogP contribution in [0.3, 0.4) is 0 Å². The summed E-state index contributed by atoms with van der Waals surface area (Å²) in [6.07, 6.45) is 11.1. The number of fused-ring (bicyclic) bond motifs is 2. The molecule has 0 aromatic carbocycles. The lowest BCUT2D eigenvalue weighted by Crippen LogP contribution is -2.48. The molecule has 1 saturated carbocycles. The zero-order valence-electron chi connectivity index (χ0n) is 16.8. The van der Waals surface area contributed by atoms with Crippen LogP contribution in [0.4, 0.5) is 5.95 Å². The van der Waals surface area contributed by atoms with Gasteiger partial charge in [0.25, 0.3) is 0 Å². The van der Waals surface area contributed by atoms with Crippen molar-refractivity contribution in [1.29, 1.82) is 0 Å². The molecule has 4 aromatic rings. The maximum atomic E-state index is 5.82. The molecule has 0 unspecified atom stereocenters. The van der Waals surface area contributed by atoms with Crippen LogP contribution in [0.2, 0.25) is 0 Å². The van der Waals surface area contributed by atoms with Gasteiger partial charge in [-0.3, -0.25) is 4.40 Å². The van der Waals surface area contributed by atoms with Gasteiger partial charge in [0.15, 0.2) is 5.65 Å². The van der Waals surface area contributed by atoms with Crippen LogP contribution in [0, 0.1) is 0 Å². The minimum Gasteiger partial charge on any atom is -0.480 e. The van der Waals surface area contributed by atoms with Crippen molar-refractivity contribution in [2.75, 3.05) is 19.0 Å². The van der Waals surface area contributed by atoms with Crippen LogP contribution in [0.15, 0.2) is 30.9 Å². The number of pyridine rings is 1. The second kappa shape index (κ2) is 6.66. The number of rotatable bonds is 4. The molecular formula is C21H23N7O2. The maximum absolute atomic E-state index is 5.82. The summed E-state index contributed by atoms with van der Waals surface area (Å²) in [5.74, 6) is 1.15. The smallest absolute Gasteiger partial charge is 0.228 e. The highest BCUT2D eigenvalue weighted by Gasteiger charge is 2.41. The van der Waals surface area contributed by atoms with Gasteiger partial charge in [0.05, 0.1) is 24.7 Å². The van der Waals surface area contributed by atoms with Crippen molar-refractivity contribution >= 4 is 22.6 Å². The van der Waals surface area contributed by atoms with E-state index >= 15 is 0 Å². The van der Waals surface area contributed by atoms with E-state index in [-0.39, 0.29) is 5.60 Å². The molecule has 0 bridgehead atoms. The zero-order chi connectivity index (χ0) is 20.1. The Morgan fingerprint density at radius 2 is 2.10 bits per heavy atom. The Labute approximate surface area is 172 Å². The van der Waals surface area contributed by atoms with Gasteiger partial charge in [-0.05, 0) is 44.2 Å². The molecule has 9 nitrogen and oxygen atoms in total. The van der Waals surface area contributed by atoms with Crippen molar-refractivity contribution < 1.29 is 9.47 Å². The number of hydrogen-bond donors (Lipinski definition) is 2. The molecule has 1 aliphatic carbocycles. The molecule has 6 rings (SSSR count). The second-order valence-electron chi connectivity index (χ2n) is 8.20. The Kier molecular flexibility index (Phi) is 3.92. The monoisotopic (exact) mass is 405 g/mol. The van der Waals surface area contributed by atoms with Crippen LogP contribution < -0.4 is 10.1 Å². The van der Waals surface area contributed by atoms with Crippen LogP contribution in [-0.2, 0) is 4.74 Å². The van der Waals surface area contributed by atoms with Gasteiger partial charge in [-0.2, -0.15) is 9.97 Å². The molecule has 0 atom stereocenters. The van der Waals surface area contributed by atoms with E-state index in [1.807, 2.05) is 28.9 Å². The Balaban J connectivity index is 1.31. The highest BCUT2D eigenvalue weighted by Crippen LogP contribution is 2.41. The van der Waals surface area contributed by atoms with Crippen molar-refractivity contribution in [3.8, 4) is 17.0 Å². The topological polar surface area (TPSA) is 102 Å². The van der Waals surface area contributed by atoms with Crippen molar-refractivity contribution in [2.45, 2.75) is 43.7 Å². The van der Waals surface area contributed by atoms with Gasteiger partial charge >= 0.3 is 0 Å². The number of nitrogens with zero attached hydrogens (tertiary/aromatic N) is 5. The molecular weight excluding hydrogens is 382 g/mol. The quantitative estimate of drug-likeness (QED) is 0.537. The van der Waals surface area contributed by atoms with E-state index in [2.05, 4.69) is 25.5 Å². The molecule has 1 aliphatic heterocycles. The Morgan fingerprint density at radius 3 is 2.87 bits per heavy atom. The van der Waals surface area contributed by atoms with E-state index < -0.39 is 0 Å². The minimum absolute atomic E-state index is 0.154. The van der Waals surface area contributed by atoms with Gasteiger partial charge in [0.1, 0.15) is 12.0 Å². The van der Waals surface area contributed by atoms with Crippen molar-refractivity contribution in [1.82, 2.24) is 29.5 Å². The first-order valence-corrected chi connectivity index (χ1v) is 10.4. The Bertz CT molecular complexity index is 1220. The third-order valence-electron chi connectivity index (χ3n) is 6.49. The SMILES string of the molecule is COc1nc(N[C@H]2CC[C@]3(CCO3)CC2)nc2[nH]cc(-c3ccc4nncn4c3)c12. The summed E-state index contributed by atoms with van der Waals surface area (Å²) in [6, 6.07) is 4.30. The average Bonchev–Trinajstić information content (AvgIpc) is 3.39. The molecule has 154 valence electrons. The first-order chi connectivity index (χ1) is 14.7. The van der Waals surface area contributed by atoms with Crippen molar-refractivity contribution in [2.24, 2.45) is 0 Å². The summed E-state index contributed by atoms with van der Waals surface area (Å²) in [7, 11) is 1.64. The molecule has 0 radical (unpaired) electrons. The standard InChI is InChI=1S/C21H23N7O2/c1-29-19-17-15(13-2-3-16-27-23-12-28(16)11-13)10-22-18(17)25-20(26-19)24-14-4-6-21(7-5-14)8-9-30-21/h2-3,10-12,14H,4-9H2,1H3,(H2,22,24,25,26)/t14-,21+. The van der Waals surface area contributed by atoms with Gasteiger partial charge in [0.2, 0.25) is 11.8 Å². The molecule has 1 spiro atoms. The van der Waals surface area contributed by atoms with Gasteiger partial charge in [-0.25, -0.2) is 0 Å². The van der Waals surface area contributed by atoms with E-state index in [1.54, 1.807) is 13.4 Å². The summed E-state index contributed by atoms with van der Waals surface area (Å²) in [5, 5.41) is 12.4. The highest BCUT2D eigenvalue weighted by molar-refractivity contribution is 5.97. The number of H-pyrrole nitrogens is 1. The lowest BCUT2D eigenvalue weighted by Gasteiger charge is -2.46. The van der Waals surface area contributed by atoms with Gasteiger partial charge in [-0.15, -0.1) is 10.2 Å². The largest absolute Gasteiger partial charge is 0.480 e. The van der Waals surface area contributed by atoms with Gasteiger partial charge < -0.3 is 19.8 Å². The van der Waals surface area contributed by atoms with E-state index in [9.17, 15) is 0 Å². The second-order valence-corrected chi connectivity index (χ2v) is 8.20. The fraction of sp³-hybridized carbons (Fsp3) is 0.429. The average molecular weight is 405 g/mol. The first kappa shape index (κ1) is 17.6. The number of anilines is 1. The van der Waals surface area contributed by atoms with Gasteiger partial charge in [0, 0.05) is 29.6 Å². The molecule has 5 heterocycles. The fourth-order valence-electron chi connectivity index (χ4n) is 4.68. The maximum Gasteiger partial charge on any atom is 0.228 e. The number of nitrogens with one attached hydrogen (secondary N) is 2. The minimum atomic E-state index is 0.154. The van der Waals surface area contributed by atoms with E-state index in [0.717, 1.165) is 60.1 Å². The van der Waals surface area contributed by atoms with Crippen LogP contribution in [0.5, 0.6) is 5.88 Å². The molecule has 0 amide bonds. The lowest BCUT2D eigenvalue weighted by molar-refractivity contribution is -0.165. The molecule has 30 heavy (non-hydrogen) atoms. The summed E-state index contributed by atoms with van der Waals surface area (Å²) in [5.41, 5.74) is 3.69. The molecule has 2 N–H and O–H groups in total. The molecule has 2 aliphatic rings. The predicted octanol–water partition coefficient (Wildman–Crippen LogP) is 3.19. The summed E-state index contributed by atoms with van der Waals surface area (Å²) >= 11 is 0. The summed E-state index contributed by atoms with van der Waals surface area (Å²) in [6.45, 7) is 0.911. The lowest BCUT2D eigenvalue weighted by atomic mass is 9.77. The third kappa shape index (κ3) is 2.80. The van der Waals surface area contributed by atoms with E-state index in [4.69, 9.17) is 14.5 Å². The normalized spacial score (nSPS) is 23.7. The van der Waals surface area contributed by atoms with Crippen LogP contribution in [0.1, 0.15) is 32.1 Å². The summed E-state index contributed by atoms with van der Waals surface area (Å²) in [4.78, 5) is 12.7. The van der Waals surface area contributed by atoms with Crippen LogP contribution in [0.25, 0.3) is 27.8 Å². The van der Waals surface area contributed by atoms with Crippen molar-refractivity contribution in [3.05, 3.63) is 30.9 Å². The molecule has 1 saturated heterocycles. The van der Waals surface area contributed by atoms with Crippen LogP contribution >= 0.6 is 0 Å². The van der Waals surface area contributed by atoms with Crippen LogP contribution in [-0.4, -0.2) is 54.9 Å². The van der Waals surface area contributed by atoms with Crippen molar-refractivity contribution in [3.63, 3.8) is 0 Å². The number of ether oxygens (including phenoxy) is 2. The predicted molar refractivity (Wildman–Crippen MR) is 112 cm³/mol. The Morgan fingerprint density at radius 1 is 1.23 bits per heavy atom. The Hall–Kier alpha value is -3.20. The number of aromatic amines is 1. The van der Waals surface area contributed by atoms with E-state index in [1.165, 1.54) is 6.42 Å². The highest BCUT2D eigenvalue weighted by atomic mass is 16.5. The number of methoxy groups -OCH3 is 1. The first-order valence-electron chi connectivity index (χ1n) is 10.4. The molecule has 4 aromatic heterocycles.